The third-order valence-electron chi connectivity index (χ3n) is 3.86. The molecule has 1 aromatic heterocycles. The Balaban J connectivity index is 1.99. The molecule has 0 unspecified atom stereocenters. The van der Waals surface area contributed by atoms with Crippen molar-refractivity contribution in [2.45, 2.75) is 51.7 Å². The molecule has 10 heteroatoms. The van der Waals surface area contributed by atoms with Crippen LogP contribution in [-0.2, 0) is 24.4 Å². The second-order valence-corrected chi connectivity index (χ2v) is 7.81. The molecule has 160 valence electrons. The third-order valence-corrected chi connectivity index (χ3v) is 4.83. The first-order valence-electron chi connectivity index (χ1n) is 9.28. The van der Waals surface area contributed by atoms with E-state index in [0.717, 1.165) is 18.2 Å². The molecule has 0 aliphatic carbocycles. The van der Waals surface area contributed by atoms with E-state index in [-0.39, 0.29) is 18.3 Å². The number of rotatable bonds is 10. The van der Waals surface area contributed by atoms with E-state index in [9.17, 15) is 18.0 Å². The van der Waals surface area contributed by atoms with E-state index in [1.807, 2.05) is 48.0 Å². The Bertz CT molecular complexity index is 792. The van der Waals surface area contributed by atoms with Crippen molar-refractivity contribution in [3.63, 3.8) is 0 Å². The second kappa shape index (κ2) is 10.5. The number of alkyl halides is 3. The number of carbonyl (C=O) groups is 1. The zero-order valence-corrected chi connectivity index (χ0v) is 17.4. The fourth-order valence-corrected chi connectivity index (χ4v) is 3.23. The number of benzene rings is 1. The molecule has 0 aliphatic heterocycles. The smallest absolute Gasteiger partial charge is 0.405 e. The van der Waals surface area contributed by atoms with Crippen molar-refractivity contribution in [3.8, 4) is 5.75 Å². The third kappa shape index (κ3) is 7.96. The summed E-state index contributed by atoms with van der Waals surface area (Å²) < 4.78 is 44.2. The summed E-state index contributed by atoms with van der Waals surface area (Å²) in [7, 11) is 0. The van der Waals surface area contributed by atoms with Gasteiger partial charge in [-0.05, 0) is 30.0 Å². The van der Waals surface area contributed by atoms with Gasteiger partial charge in [-0.1, -0.05) is 44.7 Å². The minimum atomic E-state index is -4.43. The highest BCUT2D eigenvalue weighted by Crippen LogP contribution is 2.21. The van der Waals surface area contributed by atoms with E-state index < -0.39 is 18.6 Å². The van der Waals surface area contributed by atoms with Gasteiger partial charge in [0.05, 0.1) is 5.75 Å². The van der Waals surface area contributed by atoms with Gasteiger partial charge in [-0.3, -0.25) is 4.79 Å². The first kappa shape index (κ1) is 23.1. The fraction of sp³-hybridized carbons (Fsp3) is 0.526. The van der Waals surface area contributed by atoms with Crippen LogP contribution in [0, 0.1) is 5.92 Å². The normalized spacial score (nSPS) is 11.7. The Hall–Kier alpha value is -2.23. The maximum atomic E-state index is 12.2. The maximum Gasteiger partial charge on any atom is 0.405 e. The van der Waals surface area contributed by atoms with Gasteiger partial charge < -0.3 is 14.6 Å². The number of aryl methyl sites for hydroxylation is 1. The van der Waals surface area contributed by atoms with Gasteiger partial charge in [0.1, 0.15) is 18.9 Å². The van der Waals surface area contributed by atoms with Crippen molar-refractivity contribution in [1.29, 1.82) is 0 Å². The highest BCUT2D eigenvalue weighted by Gasteiger charge is 2.27. The average molecular weight is 430 g/mol. The standard InChI is InChI=1S/C19H25F3N4O2S/c1-4-14-5-7-15(8-6-14)28-10-16-24-25-18(26(16)9-13(2)3)29-11-17(27)23-12-19(20,21)22/h5-8,13H,4,9-12H2,1-3H3,(H,23,27). The summed E-state index contributed by atoms with van der Waals surface area (Å²) in [6.45, 7) is 5.59. The summed E-state index contributed by atoms with van der Waals surface area (Å²) in [5, 5.41) is 10.5. The topological polar surface area (TPSA) is 69.0 Å². The number of amides is 1. The van der Waals surface area contributed by atoms with Crippen LogP contribution in [0.1, 0.15) is 32.2 Å². The fourth-order valence-electron chi connectivity index (χ4n) is 2.43. The number of halogens is 3. The first-order chi connectivity index (χ1) is 13.7. The molecule has 0 atom stereocenters. The largest absolute Gasteiger partial charge is 0.486 e. The lowest BCUT2D eigenvalue weighted by Gasteiger charge is -2.13. The van der Waals surface area contributed by atoms with Gasteiger partial charge in [-0.15, -0.1) is 10.2 Å². The van der Waals surface area contributed by atoms with Crippen LogP contribution < -0.4 is 10.1 Å². The predicted molar refractivity (Wildman–Crippen MR) is 105 cm³/mol. The van der Waals surface area contributed by atoms with Gasteiger partial charge >= 0.3 is 6.18 Å². The minimum Gasteiger partial charge on any atom is -0.486 e. The molecule has 2 rings (SSSR count). The van der Waals surface area contributed by atoms with Crippen molar-refractivity contribution < 1.29 is 22.7 Å². The second-order valence-electron chi connectivity index (χ2n) is 6.87. The van der Waals surface area contributed by atoms with Crippen LogP contribution in [0.25, 0.3) is 0 Å². The van der Waals surface area contributed by atoms with Crippen molar-refractivity contribution in [1.82, 2.24) is 20.1 Å². The Kier molecular flexibility index (Phi) is 8.36. The maximum absolute atomic E-state index is 12.2. The molecule has 1 heterocycles. The van der Waals surface area contributed by atoms with E-state index in [0.29, 0.717) is 23.3 Å². The van der Waals surface area contributed by atoms with Gasteiger partial charge in [-0.25, -0.2) is 0 Å². The summed E-state index contributed by atoms with van der Waals surface area (Å²) >= 11 is 1.05. The summed E-state index contributed by atoms with van der Waals surface area (Å²) in [4.78, 5) is 11.7. The van der Waals surface area contributed by atoms with Crippen LogP contribution in [0.4, 0.5) is 13.2 Å². The van der Waals surface area contributed by atoms with E-state index >= 15 is 0 Å². The highest BCUT2D eigenvalue weighted by molar-refractivity contribution is 7.99. The van der Waals surface area contributed by atoms with Crippen molar-refractivity contribution in [3.05, 3.63) is 35.7 Å². The van der Waals surface area contributed by atoms with Crippen LogP contribution in [0.2, 0.25) is 0 Å². The lowest BCUT2D eigenvalue weighted by Crippen LogP contribution is -2.34. The highest BCUT2D eigenvalue weighted by atomic mass is 32.2. The summed E-state index contributed by atoms with van der Waals surface area (Å²) in [6, 6.07) is 7.77. The molecule has 0 bridgehead atoms. The molecule has 6 nitrogen and oxygen atoms in total. The number of nitrogens with one attached hydrogen (secondary N) is 1. The van der Waals surface area contributed by atoms with E-state index in [1.165, 1.54) is 5.56 Å². The van der Waals surface area contributed by atoms with Gasteiger partial charge in [0.2, 0.25) is 5.91 Å². The number of ether oxygens (including phenoxy) is 1. The van der Waals surface area contributed by atoms with Gasteiger partial charge in [0.15, 0.2) is 11.0 Å². The molecule has 0 saturated carbocycles. The van der Waals surface area contributed by atoms with E-state index in [1.54, 1.807) is 0 Å². The van der Waals surface area contributed by atoms with Crippen molar-refractivity contribution >= 4 is 17.7 Å². The van der Waals surface area contributed by atoms with Gasteiger partial charge in [-0.2, -0.15) is 13.2 Å². The molecule has 1 N–H and O–H groups in total. The van der Waals surface area contributed by atoms with Gasteiger partial charge in [0.25, 0.3) is 0 Å². The molecule has 1 amide bonds. The van der Waals surface area contributed by atoms with Crippen LogP contribution in [0.5, 0.6) is 5.75 Å². The molecular weight excluding hydrogens is 405 g/mol. The Labute approximate surface area is 172 Å². The van der Waals surface area contributed by atoms with Crippen molar-refractivity contribution in [2.24, 2.45) is 5.92 Å². The predicted octanol–water partition coefficient (Wildman–Crippen LogP) is 3.85. The number of hydrogen-bond donors (Lipinski definition) is 1. The SMILES string of the molecule is CCc1ccc(OCc2nnc(SCC(=O)NCC(F)(F)F)n2CC(C)C)cc1. The van der Waals surface area contributed by atoms with Gasteiger partial charge in [0, 0.05) is 6.54 Å². The molecule has 0 aliphatic rings. The summed E-state index contributed by atoms with van der Waals surface area (Å²) in [5.74, 6) is 0.705. The molecule has 2 aromatic rings. The minimum absolute atomic E-state index is 0.175. The monoisotopic (exact) mass is 430 g/mol. The number of nitrogens with zero attached hydrogens (tertiary/aromatic N) is 3. The number of hydrogen-bond acceptors (Lipinski definition) is 5. The van der Waals surface area contributed by atoms with Crippen LogP contribution in [-0.4, -0.2) is 39.1 Å². The van der Waals surface area contributed by atoms with Crippen LogP contribution in [0.3, 0.4) is 0 Å². The average Bonchev–Trinajstić information content (AvgIpc) is 3.03. The summed E-state index contributed by atoms with van der Waals surface area (Å²) in [5.41, 5.74) is 1.21. The number of carbonyl (C=O) groups excluding carboxylic acids is 1. The number of thioether (sulfide) groups is 1. The molecule has 1 aromatic carbocycles. The Morgan fingerprint density at radius 2 is 1.93 bits per heavy atom. The zero-order valence-electron chi connectivity index (χ0n) is 16.6. The van der Waals surface area contributed by atoms with Crippen LogP contribution in [0.15, 0.2) is 29.4 Å². The van der Waals surface area contributed by atoms with E-state index in [2.05, 4.69) is 17.1 Å². The molecule has 29 heavy (non-hydrogen) atoms. The Morgan fingerprint density at radius 1 is 1.24 bits per heavy atom. The van der Waals surface area contributed by atoms with Crippen LogP contribution >= 0.6 is 11.8 Å². The summed E-state index contributed by atoms with van der Waals surface area (Å²) in [6.07, 6.45) is -3.49. The quantitative estimate of drug-likeness (QED) is 0.580. The first-order valence-corrected chi connectivity index (χ1v) is 10.3. The lowest BCUT2D eigenvalue weighted by molar-refractivity contribution is -0.136. The van der Waals surface area contributed by atoms with Crippen molar-refractivity contribution in [2.75, 3.05) is 12.3 Å². The number of aromatic nitrogens is 3. The molecular formula is C19H25F3N4O2S. The molecule has 0 radical (unpaired) electrons. The zero-order chi connectivity index (χ0) is 21.4. The van der Waals surface area contributed by atoms with E-state index in [4.69, 9.17) is 4.74 Å². The molecule has 0 fully saturated rings. The molecule has 0 spiro atoms. The molecule has 0 saturated heterocycles. The lowest BCUT2D eigenvalue weighted by atomic mass is 10.2. The Morgan fingerprint density at radius 3 is 2.52 bits per heavy atom.